The minimum Gasteiger partial charge on any atom is -0.348 e. The van der Waals surface area contributed by atoms with E-state index < -0.39 is 36.7 Å². The van der Waals surface area contributed by atoms with Crippen LogP contribution in [0.2, 0.25) is 0 Å². The van der Waals surface area contributed by atoms with Crippen LogP contribution in [0, 0.1) is 6.92 Å². The summed E-state index contributed by atoms with van der Waals surface area (Å²) in [5.41, 5.74) is 7.34. The molecule has 0 radical (unpaired) electrons. The first-order valence-corrected chi connectivity index (χ1v) is 13.2. The van der Waals surface area contributed by atoms with Crippen molar-refractivity contribution >= 4 is 21.7 Å². The lowest BCUT2D eigenvalue weighted by Gasteiger charge is -2.35. The molecule has 1 aliphatic heterocycles. The first-order valence-electron chi connectivity index (χ1n) is 11.7. The van der Waals surface area contributed by atoms with Gasteiger partial charge in [0.1, 0.15) is 11.3 Å². The molecule has 2 aromatic rings. The Balaban J connectivity index is 1.50. The van der Waals surface area contributed by atoms with Gasteiger partial charge in [0.2, 0.25) is 0 Å². The van der Waals surface area contributed by atoms with Crippen molar-refractivity contribution in [1.82, 2.24) is 14.8 Å². The zero-order valence-corrected chi connectivity index (χ0v) is 21.2. The maximum Gasteiger partial charge on any atom is 0.270 e. The van der Waals surface area contributed by atoms with Gasteiger partial charge in [0.15, 0.2) is 9.84 Å². The van der Waals surface area contributed by atoms with E-state index in [0.717, 1.165) is 11.1 Å². The number of amides is 2. The summed E-state index contributed by atoms with van der Waals surface area (Å²) in [7, 11) is -3.58. The van der Waals surface area contributed by atoms with E-state index in [4.69, 9.17) is 5.73 Å². The number of aryl methyl sites for hydroxylation is 1. The molecule has 9 nitrogen and oxygen atoms in total. The van der Waals surface area contributed by atoms with Crippen LogP contribution in [0.4, 0.5) is 0 Å². The molecule has 0 atom stereocenters. The normalized spacial score (nSPS) is 17.1. The van der Waals surface area contributed by atoms with Crippen molar-refractivity contribution in [2.45, 2.75) is 56.2 Å². The molecular formula is C25H32N4O5S. The number of nitrogens with one attached hydrogen (secondary N) is 1. The molecule has 1 fully saturated rings. The third kappa shape index (κ3) is 4.40. The topological polar surface area (TPSA) is 132 Å². The number of carbonyl (C=O) groups is 2. The molecule has 2 amide bonds. The fourth-order valence-electron chi connectivity index (χ4n) is 4.47. The monoisotopic (exact) mass is 500 g/mol. The SMILES string of the molecule is Cc1ccc(CNC(=O)c2ccc3n(c2=O)CCN(CC2(S(=O)(=O)C(C)(C)CN)CC2)C3=O)cc1. The minimum absolute atomic E-state index is 0.00197. The largest absolute Gasteiger partial charge is 0.348 e. The number of fused-ring (bicyclic) bond motifs is 1. The van der Waals surface area contributed by atoms with Crippen LogP contribution in [0.5, 0.6) is 0 Å². The van der Waals surface area contributed by atoms with Crippen LogP contribution in [0.25, 0.3) is 0 Å². The van der Waals surface area contributed by atoms with E-state index in [1.54, 1.807) is 13.8 Å². The summed E-state index contributed by atoms with van der Waals surface area (Å²) in [5.74, 6) is -0.917. The molecule has 4 rings (SSSR count). The van der Waals surface area contributed by atoms with Gasteiger partial charge in [-0.1, -0.05) is 29.8 Å². The van der Waals surface area contributed by atoms with Crippen LogP contribution in [-0.2, 0) is 22.9 Å². The highest BCUT2D eigenvalue weighted by Gasteiger charge is 2.60. The first-order chi connectivity index (χ1) is 16.4. The van der Waals surface area contributed by atoms with Gasteiger partial charge in [-0.3, -0.25) is 14.4 Å². The number of nitrogens with zero attached hydrogens (tertiary/aromatic N) is 2. The van der Waals surface area contributed by atoms with Crippen molar-refractivity contribution in [3.05, 3.63) is 69.1 Å². The van der Waals surface area contributed by atoms with E-state index in [0.29, 0.717) is 12.8 Å². The van der Waals surface area contributed by atoms with Crippen LogP contribution in [0.3, 0.4) is 0 Å². The van der Waals surface area contributed by atoms with Gasteiger partial charge in [0, 0.05) is 32.7 Å². The maximum atomic E-state index is 13.2. The fraction of sp³-hybridized carbons (Fsp3) is 0.480. The predicted octanol–water partition coefficient (Wildman–Crippen LogP) is 1.23. The number of rotatable bonds is 8. The van der Waals surface area contributed by atoms with E-state index in [1.807, 2.05) is 31.2 Å². The molecule has 2 aliphatic rings. The summed E-state index contributed by atoms with van der Waals surface area (Å²) in [4.78, 5) is 40.4. The summed E-state index contributed by atoms with van der Waals surface area (Å²) < 4.78 is 25.7. The van der Waals surface area contributed by atoms with Crippen LogP contribution in [0.1, 0.15) is 58.7 Å². The molecule has 1 saturated carbocycles. The zero-order chi connectivity index (χ0) is 25.6. The molecule has 3 N–H and O–H groups in total. The molecule has 0 unspecified atom stereocenters. The van der Waals surface area contributed by atoms with Gasteiger partial charge >= 0.3 is 0 Å². The summed E-state index contributed by atoms with van der Waals surface area (Å²) in [6.07, 6.45) is 0.963. The predicted molar refractivity (Wildman–Crippen MR) is 133 cm³/mol. The van der Waals surface area contributed by atoms with Crippen LogP contribution in [-0.4, -0.2) is 58.8 Å². The number of hydrogen-bond acceptors (Lipinski definition) is 6. The quantitative estimate of drug-likeness (QED) is 0.560. The van der Waals surface area contributed by atoms with E-state index in [-0.39, 0.29) is 44.0 Å². The third-order valence-electron chi connectivity index (χ3n) is 7.17. The van der Waals surface area contributed by atoms with Crippen molar-refractivity contribution in [2.75, 3.05) is 19.6 Å². The Kier molecular flexibility index (Phi) is 6.39. The number of hydrogen-bond donors (Lipinski definition) is 2. The zero-order valence-electron chi connectivity index (χ0n) is 20.3. The van der Waals surface area contributed by atoms with Gasteiger partial charge in [0.05, 0.1) is 9.49 Å². The number of benzene rings is 1. The average Bonchev–Trinajstić information content (AvgIpc) is 3.62. The van der Waals surface area contributed by atoms with Gasteiger partial charge in [-0.05, 0) is 51.3 Å². The molecule has 35 heavy (non-hydrogen) atoms. The highest BCUT2D eigenvalue weighted by Crippen LogP contribution is 2.48. The summed E-state index contributed by atoms with van der Waals surface area (Å²) in [5, 5.41) is 2.75. The van der Waals surface area contributed by atoms with Gasteiger partial charge in [0.25, 0.3) is 17.4 Å². The summed E-state index contributed by atoms with van der Waals surface area (Å²) >= 11 is 0. The number of nitrogens with two attached hydrogens (primary N) is 1. The van der Waals surface area contributed by atoms with Crippen molar-refractivity contribution < 1.29 is 18.0 Å². The molecule has 1 aliphatic carbocycles. The molecule has 0 spiro atoms. The molecule has 0 saturated heterocycles. The van der Waals surface area contributed by atoms with E-state index in [9.17, 15) is 22.8 Å². The highest BCUT2D eigenvalue weighted by molar-refractivity contribution is 7.94. The molecule has 10 heteroatoms. The van der Waals surface area contributed by atoms with Gasteiger partial charge in [-0.25, -0.2) is 8.42 Å². The Labute approximate surface area is 205 Å². The van der Waals surface area contributed by atoms with E-state index >= 15 is 0 Å². The second-order valence-corrected chi connectivity index (χ2v) is 13.1. The van der Waals surface area contributed by atoms with Crippen LogP contribution in [0.15, 0.2) is 41.2 Å². The lowest BCUT2D eigenvalue weighted by molar-refractivity contribution is 0.0694. The summed E-state index contributed by atoms with van der Waals surface area (Å²) in [6.45, 7) is 5.94. The van der Waals surface area contributed by atoms with Crippen molar-refractivity contribution in [1.29, 1.82) is 0 Å². The van der Waals surface area contributed by atoms with Gasteiger partial charge in [-0.15, -0.1) is 0 Å². The lowest BCUT2D eigenvalue weighted by Crippen LogP contribution is -2.54. The smallest absolute Gasteiger partial charge is 0.270 e. The Bertz CT molecular complexity index is 1320. The molecule has 1 aromatic carbocycles. The Morgan fingerprint density at radius 1 is 1.09 bits per heavy atom. The second-order valence-electron chi connectivity index (χ2n) is 10.1. The second kappa shape index (κ2) is 8.91. The Morgan fingerprint density at radius 2 is 1.74 bits per heavy atom. The highest BCUT2D eigenvalue weighted by atomic mass is 32.2. The van der Waals surface area contributed by atoms with Crippen LogP contribution < -0.4 is 16.6 Å². The molecular weight excluding hydrogens is 468 g/mol. The fourth-order valence-corrected chi connectivity index (χ4v) is 6.83. The van der Waals surface area contributed by atoms with E-state index in [1.165, 1.54) is 21.6 Å². The maximum absolute atomic E-state index is 13.2. The molecule has 0 bridgehead atoms. The molecule has 1 aromatic heterocycles. The third-order valence-corrected chi connectivity index (χ3v) is 10.5. The molecule has 188 valence electrons. The van der Waals surface area contributed by atoms with Gasteiger partial charge < -0.3 is 20.5 Å². The lowest BCUT2D eigenvalue weighted by atomic mass is 10.1. The minimum atomic E-state index is -3.58. The average molecular weight is 501 g/mol. The first kappa shape index (κ1) is 25.1. The van der Waals surface area contributed by atoms with Crippen molar-refractivity contribution in [3.63, 3.8) is 0 Å². The van der Waals surface area contributed by atoms with Crippen molar-refractivity contribution in [3.8, 4) is 0 Å². The molecule has 2 heterocycles. The van der Waals surface area contributed by atoms with E-state index in [2.05, 4.69) is 5.32 Å². The van der Waals surface area contributed by atoms with Crippen LogP contribution >= 0.6 is 0 Å². The Hall–Kier alpha value is -2.98. The number of sulfone groups is 1. The summed E-state index contributed by atoms with van der Waals surface area (Å²) in [6, 6.07) is 10.5. The van der Waals surface area contributed by atoms with Crippen molar-refractivity contribution in [2.24, 2.45) is 5.73 Å². The standard InChI is InChI=1S/C25H32N4O5S/c1-17-4-6-18(7-5-17)14-27-21(30)19-8-9-20-23(32)28(12-13-29(20)22(19)31)16-25(10-11-25)35(33,34)24(2,3)15-26/h4-9H,10-16,26H2,1-3H3,(H,27,30). The number of aromatic nitrogens is 1. The number of pyridine rings is 1. The number of carbonyl (C=O) groups excluding carboxylic acids is 2. The van der Waals surface area contributed by atoms with Gasteiger partial charge in [-0.2, -0.15) is 0 Å². The Morgan fingerprint density at radius 3 is 2.34 bits per heavy atom.